The number of ether oxygens (including phenoxy) is 2. The highest BCUT2D eigenvalue weighted by atomic mass is 16.5. The maximum absolute atomic E-state index is 12.3. The fraction of sp³-hybridized carbons (Fsp3) is 0.320. The number of aliphatic hydroxyl groups is 1. The van der Waals surface area contributed by atoms with Gasteiger partial charge in [-0.15, -0.1) is 0 Å². The molecular formula is C25H24N6O4. The number of hydrogen-bond donors (Lipinski definition) is 2. The molecule has 0 saturated carbocycles. The lowest BCUT2D eigenvalue weighted by Gasteiger charge is -2.35. The molecular weight excluding hydrogens is 448 g/mol. The fourth-order valence-corrected chi connectivity index (χ4v) is 3.94. The van der Waals surface area contributed by atoms with Gasteiger partial charge in [0, 0.05) is 37.7 Å². The van der Waals surface area contributed by atoms with Crippen molar-refractivity contribution in [2.24, 2.45) is 0 Å². The number of likely N-dealkylation sites (tertiary alicyclic amines) is 1. The van der Waals surface area contributed by atoms with E-state index >= 15 is 0 Å². The molecule has 0 atom stereocenters. The van der Waals surface area contributed by atoms with Crippen LogP contribution in [0.1, 0.15) is 28.9 Å². The van der Waals surface area contributed by atoms with Crippen molar-refractivity contribution in [2.75, 3.05) is 31.6 Å². The van der Waals surface area contributed by atoms with Gasteiger partial charge in [-0.2, -0.15) is 5.26 Å². The molecule has 1 amide bonds. The molecule has 0 unspecified atom stereocenters. The van der Waals surface area contributed by atoms with E-state index in [-0.39, 0.29) is 12.0 Å². The lowest BCUT2D eigenvalue weighted by Crippen LogP contribution is -2.53. The standard InChI is InChI=1S/C25H24N6O4/c26-12-17-11-16(1-4-23(17)35-20-6-9-34-10-7-20)21-5-8-27-25(30-21)29-18-2-3-22(28-13-18)24(33)31-14-19(32)15-31/h1-5,8,11,13,19-20,32H,6-7,9-10,14-15H2,(H,27,29,30). The van der Waals surface area contributed by atoms with E-state index in [1.807, 2.05) is 6.07 Å². The smallest absolute Gasteiger partial charge is 0.272 e. The van der Waals surface area contributed by atoms with Crippen LogP contribution in [-0.2, 0) is 4.74 Å². The fourth-order valence-electron chi connectivity index (χ4n) is 3.94. The van der Waals surface area contributed by atoms with Crippen LogP contribution in [0.2, 0.25) is 0 Å². The first-order chi connectivity index (χ1) is 17.1. The highest BCUT2D eigenvalue weighted by Crippen LogP contribution is 2.28. The zero-order chi connectivity index (χ0) is 24.2. The number of carbonyl (C=O) groups is 1. The van der Waals surface area contributed by atoms with Crippen molar-refractivity contribution in [2.45, 2.75) is 25.0 Å². The van der Waals surface area contributed by atoms with Gasteiger partial charge in [-0.1, -0.05) is 0 Å². The Morgan fingerprint density at radius 2 is 2.00 bits per heavy atom. The summed E-state index contributed by atoms with van der Waals surface area (Å²) in [6.07, 6.45) is 4.37. The average Bonchev–Trinajstić information content (AvgIpc) is 2.88. The Morgan fingerprint density at radius 1 is 1.17 bits per heavy atom. The number of hydrogen-bond acceptors (Lipinski definition) is 9. The molecule has 35 heavy (non-hydrogen) atoms. The van der Waals surface area contributed by atoms with Gasteiger partial charge in [0.1, 0.15) is 23.6 Å². The molecule has 3 aromatic rings. The third kappa shape index (κ3) is 5.21. The second-order valence-corrected chi connectivity index (χ2v) is 8.44. The van der Waals surface area contributed by atoms with E-state index in [9.17, 15) is 15.2 Å². The minimum absolute atomic E-state index is 0.0457. The van der Waals surface area contributed by atoms with Gasteiger partial charge in [0.2, 0.25) is 5.95 Å². The quantitative estimate of drug-likeness (QED) is 0.555. The predicted molar refractivity (Wildman–Crippen MR) is 126 cm³/mol. The maximum atomic E-state index is 12.3. The first kappa shape index (κ1) is 22.7. The molecule has 4 heterocycles. The maximum Gasteiger partial charge on any atom is 0.272 e. The summed E-state index contributed by atoms with van der Waals surface area (Å²) in [5.41, 5.74) is 2.79. The van der Waals surface area contributed by atoms with Gasteiger partial charge in [0.05, 0.1) is 42.5 Å². The monoisotopic (exact) mass is 472 g/mol. The molecule has 0 aliphatic carbocycles. The molecule has 2 fully saturated rings. The second-order valence-electron chi connectivity index (χ2n) is 8.44. The van der Waals surface area contributed by atoms with Gasteiger partial charge in [-0.3, -0.25) is 4.79 Å². The molecule has 1 aromatic carbocycles. The third-order valence-electron chi connectivity index (χ3n) is 5.90. The summed E-state index contributed by atoms with van der Waals surface area (Å²) in [6.45, 7) is 1.99. The number of nitrogens with zero attached hydrogens (tertiary/aromatic N) is 5. The second kappa shape index (κ2) is 10.0. The summed E-state index contributed by atoms with van der Waals surface area (Å²) in [5, 5.41) is 22.1. The van der Waals surface area contributed by atoms with Crippen LogP contribution < -0.4 is 10.1 Å². The number of amides is 1. The van der Waals surface area contributed by atoms with Crippen LogP contribution in [-0.4, -0.2) is 69.4 Å². The molecule has 5 rings (SSSR count). The Hall–Kier alpha value is -4.07. The Morgan fingerprint density at radius 3 is 2.71 bits per heavy atom. The molecule has 178 valence electrons. The molecule has 0 spiro atoms. The Balaban J connectivity index is 1.28. The van der Waals surface area contributed by atoms with Gasteiger partial charge in [-0.25, -0.2) is 15.0 Å². The minimum Gasteiger partial charge on any atom is -0.489 e. The number of carbonyl (C=O) groups excluding carboxylic acids is 1. The van der Waals surface area contributed by atoms with Crippen LogP contribution in [0.4, 0.5) is 11.6 Å². The number of rotatable bonds is 6. The predicted octanol–water partition coefficient (Wildman–Crippen LogP) is 2.53. The number of benzene rings is 1. The van der Waals surface area contributed by atoms with Crippen molar-refractivity contribution in [3.05, 3.63) is 60.0 Å². The Kier molecular flexibility index (Phi) is 6.52. The average molecular weight is 473 g/mol. The number of aliphatic hydroxyl groups excluding tert-OH is 1. The first-order valence-electron chi connectivity index (χ1n) is 11.4. The van der Waals surface area contributed by atoms with Gasteiger partial charge in [-0.05, 0) is 36.4 Å². The molecule has 2 aliphatic heterocycles. The van der Waals surface area contributed by atoms with Crippen molar-refractivity contribution in [1.82, 2.24) is 19.9 Å². The summed E-state index contributed by atoms with van der Waals surface area (Å²) in [4.78, 5) is 26.9. The van der Waals surface area contributed by atoms with E-state index in [0.29, 0.717) is 60.6 Å². The van der Waals surface area contributed by atoms with Crippen molar-refractivity contribution in [3.8, 4) is 23.1 Å². The summed E-state index contributed by atoms with van der Waals surface area (Å²) in [7, 11) is 0. The molecule has 2 saturated heterocycles. The minimum atomic E-state index is -0.454. The van der Waals surface area contributed by atoms with Gasteiger partial charge >= 0.3 is 0 Å². The Labute approximate surface area is 202 Å². The van der Waals surface area contributed by atoms with E-state index in [0.717, 1.165) is 18.4 Å². The third-order valence-corrected chi connectivity index (χ3v) is 5.90. The zero-order valence-corrected chi connectivity index (χ0v) is 18.9. The van der Waals surface area contributed by atoms with Crippen LogP contribution >= 0.6 is 0 Å². The van der Waals surface area contributed by atoms with E-state index in [4.69, 9.17) is 9.47 Å². The summed E-state index contributed by atoms with van der Waals surface area (Å²) in [5.74, 6) is 0.705. The Bertz CT molecular complexity index is 1250. The largest absolute Gasteiger partial charge is 0.489 e. The molecule has 0 bridgehead atoms. The molecule has 2 aliphatic rings. The number of nitrogens with one attached hydrogen (secondary N) is 1. The van der Waals surface area contributed by atoms with Gasteiger partial charge < -0.3 is 24.8 Å². The van der Waals surface area contributed by atoms with E-state index in [1.54, 1.807) is 41.4 Å². The van der Waals surface area contributed by atoms with Crippen LogP contribution in [0, 0.1) is 11.3 Å². The molecule has 0 radical (unpaired) electrons. The number of aromatic nitrogens is 3. The van der Waals surface area contributed by atoms with E-state index in [2.05, 4.69) is 26.3 Å². The first-order valence-corrected chi connectivity index (χ1v) is 11.4. The van der Waals surface area contributed by atoms with Gasteiger partial charge in [0.15, 0.2) is 0 Å². The zero-order valence-electron chi connectivity index (χ0n) is 18.9. The highest BCUT2D eigenvalue weighted by molar-refractivity contribution is 5.93. The van der Waals surface area contributed by atoms with E-state index < -0.39 is 6.10 Å². The van der Waals surface area contributed by atoms with Crippen LogP contribution in [0.25, 0.3) is 11.3 Å². The molecule has 2 N–H and O–H groups in total. The van der Waals surface area contributed by atoms with Crippen LogP contribution in [0.15, 0.2) is 48.8 Å². The topological polar surface area (TPSA) is 133 Å². The van der Waals surface area contributed by atoms with Gasteiger partial charge in [0.25, 0.3) is 5.91 Å². The molecule has 2 aromatic heterocycles. The van der Waals surface area contributed by atoms with Crippen molar-refractivity contribution < 1.29 is 19.4 Å². The SMILES string of the molecule is N#Cc1cc(-c2ccnc(Nc3ccc(C(=O)N4CC(O)C4)nc3)n2)ccc1OC1CCOCC1. The molecule has 10 heteroatoms. The molecule has 10 nitrogen and oxygen atoms in total. The summed E-state index contributed by atoms with van der Waals surface area (Å²) >= 11 is 0. The summed E-state index contributed by atoms with van der Waals surface area (Å²) < 4.78 is 11.4. The lowest BCUT2D eigenvalue weighted by atomic mass is 10.1. The number of pyridine rings is 1. The van der Waals surface area contributed by atoms with Crippen LogP contribution in [0.5, 0.6) is 5.75 Å². The number of nitriles is 1. The normalized spacial score (nSPS) is 16.3. The number of β-amino-alcohol motifs (C(OH)–C–C–N with tert-alkyl or cyclic N) is 1. The van der Waals surface area contributed by atoms with Crippen molar-refractivity contribution in [3.63, 3.8) is 0 Å². The highest BCUT2D eigenvalue weighted by Gasteiger charge is 2.30. The lowest BCUT2D eigenvalue weighted by molar-refractivity contribution is 0.00551. The summed E-state index contributed by atoms with van der Waals surface area (Å²) in [6, 6.07) is 12.8. The number of anilines is 2. The van der Waals surface area contributed by atoms with Crippen LogP contribution in [0.3, 0.4) is 0 Å². The van der Waals surface area contributed by atoms with Crippen molar-refractivity contribution >= 4 is 17.5 Å². The van der Waals surface area contributed by atoms with E-state index in [1.165, 1.54) is 6.20 Å². The van der Waals surface area contributed by atoms with Crippen molar-refractivity contribution in [1.29, 1.82) is 5.26 Å².